The monoisotopic (exact) mass is 311 g/mol. The van der Waals surface area contributed by atoms with E-state index in [2.05, 4.69) is 25.1 Å². The van der Waals surface area contributed by atoms with Gasteiger partial charge in [-0.2, -0.15) is 0 Å². The SMILES string of the molecule is c1ccc(-c2nc(Sc3ncnc4sccc34)n[nH]2)cc1. The van der Waals surface area contributed by atoms with Gasteiger partial charge in [-0.05, 0) is 23.2 Å². The van der Waals surface area contributed by atoms with Crippen LogP contribution in [0, 0.1) is 0 Å². The summed E-state index contributed by atoms with van der Waals surface area (Å²) in [6, 6.07) is 11.9. The molecule has 21 heavy (non-hydrogen) atoms. The van der Waals surface area contributed by atoms with Gasteiger partial charge >= 0.3 is 0 Å². The molecule has 0 amide bonds. The zero-order chi connectivity index (χ0) is 14.1. The first-order chi connectivity index (χ1) is 10.4. The molecular formula is C14H9N5S2. The van der Waals surface area contributed by atoms with Gasteiger partial charge in [0.1, 0.15) is 16.2 Å². The van der Waals surface area contributed by atoms with Gasteiger partial charge < -0.3 is 0 Å². The second-order valence-corrected chi connectivity index (χ2v) is 6.10. The van der Waals surface area contributed by atoms with Crippen LogP contribution in [0.4, 0.5) is 0 Å². The van der Waals surface area contributed by atoms with E-state index in [-0.39, 0.29) is 0 Å². The highest BCUT2D eigenvalue weighted by Crippen LogP contribution is 2.31. The number of aromatic nitrogens is 5. The lowest BCUT2D eigenvalue weighted by Gasteiger charge is -1.97. The third-order valence-electron chi connectivity index (χ3n) is 2.93. The van der Waals surface area contributed by atoms with Crippen LogP contribution in [0.25, 0.3) is 21.6 Å². The average Bonchev–Trinajstić information content (AvgIpc) is 3.17. The molecule has 0 aliphatic rings. The normalized spacial score (nSPS) is 11.0. The van der Waals surface area contributed by atoms with Gasteiger partial charge in [0, 0.05) is 10.9 Å². The average molecular weight is 311 g/mol. The fourth-order valence-electron chi connectivity index (χ4n) is 1.95. The lowest BCUT2D eigenvalue weighted by molar-refractivity contribution is 0.968. The molecule has 0 aliphatic heterocycles. The fourth-order valence-corrected chi connectivity index (χ4v) is 3.53. The molecule has 0 unspecified atom stereocenters. The van der Waals surface area contributed by atoms with Crippen LogP contribution < -0.4 is 0 Å². The number of hydrogen-bond acceptors (Lipinski definition) is 6. The maximum atomic E-state index is 4.51. The van der Waals surface area contributed by atoms with E-state index in [4.69, 9.17) is 0 Å². The highest BCUT2D eigenvalue weighted by Gasteiger charge is 2.11. The Morgan fingerprint density at radius 2 is 1.95 bits per heavy atom. The van der Waals surface area contributed by atoms with Crippen molar-refractivity contribution in [1.82, 2.24) is 25.1 Å². The minimum atomic E-state index is 0.653. The largest absolute Gasteiger partial charge is 0.258 e. The molecule has 0 saturated carbocycles. The molecule has 3 heterocycles. The molecule has 5 nitrogen and oxygen atoms in total. The molecule has 4 aromatic rings. The number of rotatable bonds is 3. The Hall–Kier alpha value is -2.25. The summed E-state index contributed by atoms with van der Waals surface area (Å²) < 4.78 is 0. The Balaban J connectivity index is 1.66. The molecule has 0 spiro atoms. The molecule has 0 fully saturated rings. The van der Waals surface area contributed by atoms with Crippen LogP contribution in [0.3, 0.4) is 0 Å². The molecule has 7 heteroatoms. The van der Waals surface area contributed by atoms with E-state index in [0.717, 1.165) is 26.6 Å². The second-order valence-electron chi connectivity index (χ2n) is 4.25. The highest BCUT2D eigenvalue weighted by molar-refractivity contribution is 7.99. The van der Waals surface area contributed by atoms with Crippen molar-refractivity contribution < 1.29 is 0 Å². The van der Waals surface area contributed by atoms with Crippen molar-refractivity contribution in [3.05, 3.63) is 48.1 Å². The molecule has 1 aromatic carbocycles. The predicted octanol–water partition coefficient (Wildman–Crippen LogP) is 3.63. The number of fused-ring (bicyclic) bond motifs is 1. The van der Waals surface area contributed by atoms with Crippen molar-refractivity contribution in [1.29, 1.82) is 0 Å². The number of nitrogens with zero attached hydrogens (tertiary/aromatic N) is 4. The summed E-state index contributed by atoms with van der Waals surface area (Å²) in [6.45, 7) is 0. The summed E-state index contributed by atoms with van der Waals surface area (Å²) in [7, 11) is 0. The third kappa shape index (κ3) is 2.41. The number of hydrogen-bond donors (Lipinski definition) is 1. The first-order valence-electron chi connectivity index (χ1n) is 6.24. The summed E-state index contributed by atoms with van der Waals surface area (Å²) in [5.41, 5.74) is 1.01. The molecule has 0 aliphatic carbocycles. The minimum absolute atomic E-state index is 0.653. The Morgan fingerprint density at radius 1 is 1.05 bits per heavy atom. The number of thiophene rings is 1. The quantitative estimate of drug-likeness (QED) is 0.585. The van der Waals surface area contributed by atoms with Crippen LogP contribution >= 0.6 is 23.1 Å². The maximum absolute atomic E-state index is 4.51. The maximum Gasteiger partial charge on any atom is 0.215 e. The smallest absolute Gasteiger partial charge is 0.215 e. The second kappa shape index (κ2) is 5.27. The van der Waals surface area contributed by atoms with E-state index in [1.54, 1.807) is 17.7 Å². The molecule has 0 radical (unpaired) electrons. The van der Waals surface area contributed by atoms with Crippen molar-refractivity contribution in [3.63, 3.8) is 0 Å². The summed E-state index contributed by atoms with van der Waals surface area (Å²) in [5.74, 6) is 0.758. The van der Waals surface area contributed by atoms with Gasteiger partial charge in [0.2, 0.25) is 5.16 Å². The number of benzene rings is 1. The van der Waals surface area contributed by atoms with E-state index in [1.807, 2.05) is 41.8 Å². The summed E-state index contributed by atoms with van der Waals surface area (Å²) in [5, 5.41) is 11.8. The molecule has 3 aromatic heterocycles. The summed E-state index contributed by atoms with van der Waals surface area (Å²) >= 11 is 3.04. The lowest BCUT2D eigenvalue weighted by atomic mass is 10.2. The van der Waals surface area contributed by atoms with Gasteiger partial charge in [-0.15, -0.1) is 16.4 Å². The van der Waals surface area contributed by atoms with Crippen LogP contribution in [0.2, 0.25) is 0 Å². The van der Waals surface area contributed by atoms with Crippen molar-refractivity contribution in [2.45, 2.75) is 10.2 Å². The Labute approximate surface area is 128 Å². The van der Waals surface area contributed by atoms with Gasteiger partial charge in [0.05, 0.1) is 0 Å². The van der Waals surface area contributed by atoms with Crippen LogP contribution in [-0.4, -0.2) is 25.1 Å². The third-order valence-corrected chi connectivity index (χ3v) is 4.63. The van der Waals surface area contributed by atoms with Gasteiger partial charge in [0.15, 0.2) is 5.82 Å². The first kappa shape index (κ1) is 12.5. The van der Waals surface area contributed by atoms with Crippen molar-refractivity contribution in [2.24, 2.45) is 0 Å². The lowest BCUT2D eigenvalue weighted by Crippen LogP contribution is -1.84. The number of aromatic amines is 1. The first-order valence-corrected chi connectivity index (χ1v) is 7.93. The topological polar surface area (TPSA) is 67.3 Å². The van der Waals surface area contributed by atoms with E-state index in [9.17, 15) is 0 Å². The molecule has 4 rings (SSSR count). The Kier molecular flexibility index (Phi) is 3.13. The number of H-pyrrole nitrogens is 1. The number of nitrogens with one attached hydrogen (secondary N) is 1. The van der Waals surface area contributed by atoms with E-state index >= 15 is 0 Å². The molecule has 0 atom stereocenters. The van der Waals surface area contributed by atoms with Crippen molar-refractivity contribution >= 4 is 33.3 Å². The summed E-state index contributed by atoms with van der Waals surface area (Å²) in [6.07, 6.45) is 1.58. The van der Waals surface area contributed by atoms with Gasteiger partial charge in [0.25, 0.3) is 0 Å². The van der Waals surface area contributed by atoms with E-state index in [1.165, 1.54) is 11.8 Å². The molecule has 102 valence electrons. The van der Waals surface area contributed by atoms with Crippen molar-refractivity contribution in [2.75, 3.05) is 0 Å². The van der Waals surface area contributed by atoms with Crippen molar-refractivity contribution in [3.8, 4) is 11.4 Å². The van der Waals surface area contributed by atoms with Gasteiger partial charge in [-0.25, -0.2) is 15.0 Å². The highest BCUT2D eigenvalue weighted by atomic mass is 32.2. The standard InChI is InChI=1S/C14H9N5S2/c1-2-4-9(5-3-1)11-17-14(19-18-11)21-13-10-6-7-20-12(10)15-8-16-13/h1-8H,(H,17,18,19). The van der Waals surface area contributed by atoms with Crippen LogP contribution in [0.5, 0.6) is 0 Å². The fraction of sp³-hybridized carbons (Fsp3) is 0. The Morgan fingerprint density at radius 3 is 2.86 bits per heavy atom. The predicted molar refractivity (Wildman–Crippen MR) is 83.4 cm³/mol. The summed E-state index contributed by atoms with van der Waals surface area (Å²) in [4.78, 5) is 14.0. The zero-order valence-corrected chi connectivity index (χ0v) is 12.4. The molecular weight excluding hydrogens is 302 g/mol. The van der Waals surface area contributed by atoms with E-state index < -0.39 is 0 Å². The molecule has 1 N–H and O–H groups in total. The molecule has 0 bridgehead atoms. The zero-order valence-electron chi connectivity index (χ0n) is 10.7. The van der Waals surface area contributed by atoms with Crippen LogP contribution in [0.1, 0.15) is 0 Å². The van der Waals surface area contributed by atoms with Crippen LogP contribution in [-0.2, 0) is 0 Å². The van der Waals surface area contributed by atoms with Crippen LogP contribution in [0.15, 0.2) is 58.3 Å². The minimum Gasteiger partial charge on any atom is -0.258 e. The van der Waals surface area contributed by atoms with Gasteiger partial charge in [-0.3, -0.25) is 5.10 Å². The van der Waals surface area contributed by atoms with Gasteiger partial charge in [-0.1, -0.05) is 30.3 Å². The van der Waals surface area contributed by atoms with E-state index in [0.29, 0.717) is 5.16 Å². The molecule has 0 saturated heterocycles. The Bertz CT molecular complexity index is 884.